The van der Waals surface area contributed by atoms with Gasteiger partial charge < -0.3 is 9.47 Å². The van der Waals surface area contributed by atoms with Crippen LogP contribution < -0.4 is 4.74 Å². The average Bonchev–Trinajstić information content (AvgIpc) is 2.58. The van der Waals surface area contributed by atoms with Crippen molar-refractivity contribution in [1.82, 2.24) is 0 Å². The third kappa shape index (κ3) is 6.91. The fourth-order valence-electron chi connectivity index (χ4n) is 1.64. The van der Waals surface area contributed by atoms with Crippen LogP contribution in [0.15, 0.2) is 89.4 Å². The van der Waals surface area contributed by atoms with Gasteiger partial charge in [-0.05, 0) is 42.5 Å². The van der Waals surface area contributed by atoms with E-state index in [1.54, 1.807) is 37.1 Å². The van der Waals surface area contributed by atoms with Gasteiger partial charge in [0.05, 0.1) is 12.5 Å². The molecule has 0 spiro atoms. The van der Waals surface area contributed by atoms with Gasteiger partial charge in [-0.3, -0.25) is 0 Å². The molecule has 4 nitrogen and oxygen atoms in total. The number of hydrogen-bond acceptors (Lipinski definition) is 4. The Morgan fingerprint density at radius 3 is 2.78 bits per heavy atom. The standard InChI is InChI=1S/C19H18N2O2/c1-4-12-20-17-21-13-8-10-18-9-2-3-11-19(18)23-16-7-6-15-22-14-5-1/h1-13,15-17H,14H2/b5-1?,10-8-,12-4?,15-6-,16-7-,20-17?,21-13?. The Balaban J connectivity index is 2.13. The van der Waals surface area contributed by atoms with Gasteiger partial charge in [0.15, 0.2) is 0 Å². The number of aliphatic imine (C=N–C) groups is 2. The second kappa shape index (κ2) is 10.6. The van der Waals surface area contributed by atoms with Gasteiger partial charge >= 0.3 is 0 Å². The molecule has 0 unspecified atom stereocenters. The lowest BCUT2D eigenvalue weighted by Gasteiger charge is -2.03. The molecule has 0 saturated carbocycles. The predicted octanol–water partition coefficient (Wildman–Crippen LogP) is 4.31. The van der Waals surface area contributed by atoms with E-state index in [0.717, 1.165) is 11.3 Å². The van der Waals surface area contributed by atoms with Crippen molar-refractivity contribution in [3.8, 4) is 5.75 Å². The second-order valence-corrected chi connectivity index (χ2v) is 4.34. The van der Waals surface area contributed by atoms with Crippen molar-refractivity contribution < 1.29 is 9.47 Å². The van der Waals surface area contributed by atoms with E-state index in [4.69, 9.17) is 9.47 Å². The molecule has 0 bridgehead atoms. The number of nitrogens with zero attached hydrogens (tertiary/aromatic N) is 2. The lowest BCUT2D eigenvalue weighted by molar-refractivity contribution is 0.289. The van der Waals surface area contributed by atoms with Crippen LogP contribution in [0.4, 0.5) is 0 Å². The van der Waals surface area contributed by atoms with Crippen LogP contribution in [0.5, 0.6) is 5.75 Å². The molecule has 1 aromatic rings. The fourth-order valence-corrected chi connectivity index (χ4v) is 1.64. The molecule has 0 N–H and O–H groups in total. The zero-order chi connectivity index (χ0) is 16.0. The number of benzene rings is 1. The third-order valence-corrected chi connectivity index (χ3v) is 2.67. The summed E-state index contributed by atoms with van der Waals surface area (Å²) in [5.74, 6) is 0.764. The first kappa shape index (κ1) is 16.2. The molecule has 2 rings (SSSR count). The summed E-state index contributed by atoms with van der Waals surface area (Å²) < 4.78 is 10.9. The van der Waals surface area contributed by atoms with E-state index in [-0.39, 0.29) is 0 Å². The molecule has 0 saturated heterocycles. The average molecular weight is 306 g/mol. The van der Waals surface area contributed by atoms with Gasteiger partial charge in [0.1, 0.15) is 18.7 Å². The fraction of sp³-hybridized carbons (Fsp3) is 0.0526. The lowest BCUT2D eigenvalue weighted by Crippen LogP contribution is -1.85. The Hall–Kier alpha value is -3.14. The van der Waals surface area contributed by atoms with E-state index in [9.17, 15) is 0 Å². The Bertz CT molecular complexity index is 680. The molecule has 23 heavy (non-hydrogen) atoms. The normalized spacial score (nSPS) is 19.3. The molecular formula is C19H18N2O2. The number of allylic oxidation sites excluding steroid dienone is 5. The largest absolute Gasteiger partial charge is 0.497 e. The van der Waals surface area contributed by atoms with Crippen molar-refractivity contribution in [2.24, 2.45) is 9.98 Å². The molecule has 0 fully saturated rings. The number of hydrogen-bond donors (Lipinski definition) is 0. The van der Waals surface area contributed by atoms with E-state index < -0.39 is 0 Å². The van der Waals surface area contributed by atoms with Gasteiger partial charge in [-0.2, -0.15) is 0 Å². The van der Waals surface area contributed by atoms with Crippen LogP contribution in [0.25, 0.3) is 6.08 Å². The number of fused-ring (bicyclic) bond motifs is 1. The SMILES string of the molecule is C1=CCO/C=C\C=C/Oc2ccccc2/C=C\C=NC=NC=C1. The second-order valence-electron chi connectivity index (χ2n) is 4.34. The summed E-state index contributed by atoms with van der Waals surface area (Å²) in [6.07, 6.45) is 20.9. The molecule has 1 aliphatic heterocycles. The highest BCUT2D eigenvalue weighted by Crippen LogP contribution is 2.19. The summed E-state index contributed by atoms with van der Waals surface area (Å²) in [5, 5.41) is 0. The highest BCUT2D eigenvalue weighted by molar-refractivity contribution is 5.84. The van der Waals surface area contributed by atoms with Crippen LogP contribution in [0.3, 0.4) is 0 Å². The molecule has 0 aliphatic carbocycles. The van der Waals surface area contributed by atoms with Crippen molar-refractivity contribution >= 4 is 18.6 Å². The van der Waals surface area contributed by atoms with Crippen LogP contribution in [0.2, 0.25) is 0 Å². The quantitative estimate of drug-likeness (QED) is 0.717. The van der Waals surface area contributed by atoms with Gasteiger partial charge in [-0.15, -0.1) is 0 Å². The lowest BCUT2D eigenvalue weighted by atomic mass is 10.2. The Morgan fingerprint density at radius 1 is 0.870 bits per heavy atom. The van der Waals surface area contributed by atoms with E-state index in [1.165, 1.54) is 6.34 Å². The van der Waals surface area contributed by atoms with E-state index in [1.807, 2.05) is 54.6 Å². The van der Waals surface area contributed by atoms with Gasteiger partial charge in [-0.25, -0.2) is 9.98 Å². The zero-order valence-corrected chi connectivity index (χ0v) is 12.7. The predicted molar refractivity (Wildman–Crippen MR) is 95.6 cm³/mol. The first-order chi connectivity index (χ1) is 11.5. The zero-order valence-electron chi connectivity index (χ0n) is 12.7. The van der Waals surface area contributed by atoms with Gasteiger partial charge in [0.2, 0.25) is 0 Å². The summed E-state index contributed by atoms with van der Waals surface area (Å²) in [5.41, 5.74) is 0.961. The van der Waals surface area contributed by atoms with E-state index in [2.05, 4.69) is 9.98 Å². The monoisotopic (exact) mass is 306 g/mol. The highest BCUT2D eigenvalue weighted by atomic mass is 16.5. The summed E-state index contributed by atoms with van der Waals surface area (Å²) in [4.78, 5) is 8.07. The Labute approximate surface area is 136 Å². The molecule has 0 radical (unpaired) electrons. The summed E-state index contributed by atoms with van der Waals surface area (Å²) in [6.45, 7) is 0.490. The number of ether oxygens (including phenoxy) is 2. The molecule has 116 valence electrons. The Morgan fingerprint density at radius 2 is 1.78 bits per heavy atom. The molecule has 0 amide bonds. The first-order valence-corrected chi connectivity index (χ1v) is 7.19. The minimum absolute atomic E-state index is 0.490. The van der Waals surface area contributed by atoms with Crippen molar-refractivity contribution in [2.45, 2.75) is 0 Å². The molecular weight excluding hydrogens is 288 g/mol. The van der Waals surface area contributed by atoms with Gasteiger partial charge in [0, 0.05) is 18.0 Å². The van der Waals surface area contributed by atoms with Crippen LogP contribution in [0, 0.1) is 0 Å². The summed E-state index contributed by atoms with van der Waals surface area (Å²) in [7, 11) is 0. The van der Waals surface area contributed by atoms with Crippen LogP contribution in [0.1, 0.15) is 5.56 Å². The topological polar surface area (TPSA) is 43.2 Å². The van der Waals surface area contributed by atoms with Crippen LogP contribution in [-0.4, -0.2) is 19.2 Å². The maximum absolute atomic E-state index is 5.62. The number of para-hydroxylation sites is 1. The van der Waals surface area contributed by atoms with Crippen molar-refractivity contribution in [1.29, 1.82) is 0 Å². The van der Waals surface area contributed by atoms with E-state index in [0.29, 0.717) is 6.61 Å². The Kier molecular flexibility index (Phi) is 7.46. The van der Waals surface area contributed by atoms with Crippen molar-refractivity contribution in [3.63, 3.8) is 0 Å². The molecule has 1 aromatic carbocycles. The molecule has 1 heterocycles. The molecule has 0 aromatic heterocycles. The van der Waals surface area contributed by atoms with Crippen LogP contribution >= 0.6 is 0 Å². The summed E-state index contributed by atoms with van der Waals surface area (Å²) >= 11 is 0. The van der Waals surface area contributed by atoms with Gasteiger partial charge in [-0.1, -0.05) is 24.3 Å². The van der Waals surface area contributed by atoms with Crippen LogP contribution in [-0.2, 0) is 4.74 Å². The minimum Gasteiger partial charge on any atom is -0.497 e. The molecule has 1 aliphatic rings. The molecule has 0 atom stereocenters. The number of rotatable bonds is 0. The highest BCUT2D eigenvalue weighted by Gasteiger charge is 1.96. The third-order valence-electron chi connectivity index (χ3n) is 2.67. The van der Waals surface area contributed by atoms with Crippen molar-refractivity contribution in [3.05, 3.63) is 85.0 Å². The van der Waals surface area contributed by atoms with Crippen molar-refractivity contribution in [2.75, 3.05) is 6.61 Å². The van der Waals surface area contributed by atoms with Gasteiger partial charge in [0.25, 0.3) is 0 Å². The smallest absolute Gasteiger partial charge is 0.133 e. The minimum atomic E-state index is 0.490. The first-order valence-electron chi connectivity index (χ1n) is 7.19. The molecule has 4 heteroatoms. The summed E-state index contributed by atoms with van der Waals surface area (Å²) in [6, 6.07) is 7.75. The maximum Gasteiger partial charge on any atom is 0.133 e. The van der Waals surface area contributed by atoms with E-state index >= 15 is 0 Å². The maximum atomic E-state index is 5.62.